The van der Waals surface area contributed by atoms with Gasteiger partial charge < -0.3 is 20.6 Å². The van der Waals surface area contributed by atoms with Crippen molar-refractivity contribution in [3.05, 3.63) is 76.0 Å². The maximum absolute atomic E-state index is 14.1. The molecule has 0 bridgehead atoms. The Bertz CT molecular complexity index is 1920. The van der Waals surface area contributed by atoms with Crippen molar-refractivity contribution in [1.29, 1.82) is 0 Å². The Hall–Kier alpha value is -5.12. The molecule has 0 radical (unpaired) electrons. The Morgan fingerprint density at radius 3 is 2.46 bits per heavy atom. The first kappa shape index (κ1) is 32.8. The number of nitrogens with zero attached hydrogens (tertiary/aromatic N) is 6. The van der Waals surface area contributed by atoms with Crippen LogP contribution in [0.5, 0.6) is 5.75 Å². The van der Waals surface area contributed by atoms with E-state index in [9.17, 15) is 32.7 Å². The molecule has 1 fully saturated rings. The van der Waals surface area contributed by atoms with Crippen molar-refractivity contribution in [2.75, 3.05) is 25.0 Å². The number of likely N-dealkylation sites (tertiary alicyclic amines) is 1. The molecule has 2 aliphatic rings. The SMILES string of the molecule is Cc1nn(C)cc1-c1nn(C(=O)C2=C(NCC(=O)Nc3ccc(C(F)(F)F)cc3Cl)CCC23CCN(C(=O)c2ncccc2O)CC3)[nH]1. The van der Waals surface area contributed by atoms with Gasteiger partial charge in [0.1, 0.15) is 5.75 Å². The smallest absolute Gasteiger partial charge is 0.416 e. The van der Waals surface area contributed by atoms with Crippen LogP contribution in [0.2, 0.25) is 5.02 Å². The second-order valence-corrected chi connectivity index (χ2v) is 12.3. The maximum Gasteiger partial charge on any atom is 0.416 e. The average Bonchev–Trinajstić information content (AvgIpc) is 3.53. The van der Waals surface area contributed by atoms with E-state index in [0.29, 0.717) is 55.9 Å². The number of aromatic amines is 1. The number of anilines is 1. The summed E-state index contributed by atoms with van der Waals surface area (Å²) in [6.07, 6.45) is 0.465. The van der Waals surface area contributed by atoms with Crippen LogP contribution in [0.3, 0.4) is 0 Å². The lowest BCUT2D eigenvalue weighted by Crippen LogP contribution is -2.45. The van der Waals surface area contributed by atoms with Crippen LogP contribution in [0.15, 0.2) is 54.0 Å². The van der Waals surface area contributed by atoms with Gasteiger partial charge in [0, 0.05) is 49.2 Å². The van der Waals surface area contributed by atoms with E-state index in [-0.39, 0.29) is 28.7 Å². The number of benzene rings is 1. The third kappa shape index (κ3) is 6.26. The summed E-state index contributed by atoms with van der Waals surface area (Å²) < 4.78 is 40.7. The highest BCUT2D eigenvalue weighted by molar-refractivity contribution is 6.33. The van der Waals surface area contributed by atoms with Gasteiger partial charge in [-0.15, -0.1) is 9.90 Å². The number of amides is 2. The Morgan fingerprint density at radius 2 is 1.83 bits per heavy atom. The van der Waals surface area contributed by atoms with E-state index in [0.717, 1.165) is 34.3 Å². The Morgan fingerprint density at radius 1 is 1.10 bits per heavy atom. The standard InChI is InChI=1S/C31H31ClF3N9O4/c1-17-19(16-42(2)39-17)27-40-44(41-27)28(47)25-22(37-15-24(46)38-21-6-5-18(14-20(21)32)31(33,34)35)7-8-30(25)9-12-43(13-10-30)29(48)26-23(45)4-3-11-36-26/h3-6,11,14,16,37,45H,7-10,12-13,15H2,1-2H3,(H,38,46)(H,40,41). The Labute approximate surface area is 276 Å². The minimum Gasteiger partial charge on any atom is -0.505 e. The predicted molar refractivity (Wildman–Crippen MR) is 167 cm³/mol. The van der Waals surface area contributed by atoms with Crippen molar-refractivity contribution in [3.63, 3.8) is 0 Å². The summed E-state index contributed by atoms with van der Waals surface area (Å²) in [5.41, 5.74) is 0.786. The molecule has 1 aliphatic heterocycles. The van der Waals surface area contributed by atoms with Gasteiger partial charge in [-0.3, -0.25) is 24.2 Å². The third-order valence-corrected chi connectivity index (χ3v) is 9.11. The number of carbonyl (C=O) groups excluding carboxylic acids is 3. The number of hydrogen-bond acceptors (Lipinski definition) is 8. The van der Waals surface area contributed by atoms with Gasteiger partial charge in [0.05, 0.1) is 34.1 Å². The molecule has 0 unspecified atom stereocenters. The molecule has 252 valence electrons. The van der Waals surface area contributed by atoms with Crippen LogP contribution in [0.1, 0.15) is 52.2 Å². The summed E-state index contributed by atoms with van der Waals surface area (Å²) >= 11 is 6.01. The third-order valence-electron chi connectivity index (χ3n) is 8.80. The van der Waals surface area contributed by atoms with Crippen LogP contribution >= 0.6 is 11.6 Å². The van der Waals surface area contributed by atoms with Crippen molar-refractivity contribution in [3.8, 4) is 17.1 Å². The molecule has 4 N–H and O–H groups in total. The second kappa shape index (κ2) is 12.5. The Balaban J connectivity index is 1.22. The van der Waals surface area contributed by atoms with E-state index < -0.39 is 34.9 Å². The summed E-state index contributed by atoms with van der Waals surface area (Å²) in [5.74, 6) is -1.17. The van der Waals surface area contributed by atoms with Gasteiger partial charge in [0.2, 0.25) is 5.91 Å². The number of halogens is 4. The van der Waals surface area contributed by atoms with Gasteiger partial charge in [-0.25, -0.2) is 4.98 Å². The van der Waals surface area contributed by atoms with Crippen LogP contribution in [0, 0.1) is 12.3 Å². The van der Waals surface area contributed by atoms with Crippen molar-refractivity contribution < 1.29 is 32.7 Å². The number of aromatic nitrogens is 6. The van der Waals surface area contributed by atoms with E-state index >= 15 is 0 Å². The number of pyridine rings is 1. The molecule has 17 heteroatoms. The van der Waals surface area contributed by atoms with Crippen LogP contribution < -0.4 is 10.6 Å². The minimum atomic E-state index is -4.59. The number of nitrogens with one attached hydrogen (secondary N) is 3. The number of H-pyrrole nitrogens is 1. The quantitative estimate of drug-likeness (QED) is 0.221. The van der Waals surface area contributed by atoms with Gasteiger partial charge in [-0.2, -0.15) is 18.3 Å². The number of carbonyl (C=O) groups is 3. The molecule has 0 saturated carbocycles. The lowest BCUT2D eigenvalue weighted by atomic mass is 9.72. The molecule has 48 heavy (non-hydrogen) atoms. The van der Waals surface area contributed by atoms with Crippen molar-refractivity contribution in [2.24, 2.45) is 12.5 Å². The number of aromatic hydroxyl groups is 1. The molecular formula is C31H31ClF3N9O4. The summed E-state index contributed by atoms with van der Waals surface area (Å²) in [5, 5.41) is 27.2. The second-order valence-electron chi connectivity index (χ2n) is 11.9. The van der Waals surface area contributed by atoms with Gasteiger partial charge in [0.15, 0.2) is 11.5 Å². The molecule has 2 amide bonds. The maximum atomic E-state index is 14.1. The summed E-state index contributed by atoms with van der Waals surface area (Å²) in [4.78, 5) is 46.8. The molecule has 1 aromatic carbocycles. The number of piperidine rings is 1. The largest absolute Gasteiger partial charge is 0.505 e. The van der Waals surface area contributed by atoms with Crippen LogP contribution in [0.25, 0.3) is 11.4 Å². The van der Waals surface area contributed by atoms with E-state index in [1.54, 1.807) is 22.8 Å². The first-order valence-corrected chi connectivity index (χ1v) is 15.4. The first-order valence-electron chi connectivity index (χ1n) is 15.0. The van der Waals surface area contributed by atoms with Crippen LogP contribution in [-0.4, -0.2) is 77.1 Å². The monoisotopic (exact) mass is 685 g/mol. The number of hydrogen-bond donors (Lipinski definition) is 4. The number of rotatable bonds is 7. The van der Waals surface area contributed by atoms with Crippen molar-refractivity contribution in [1.82, 2.24) is 40.0 Å². The van der Waals surface area contributed by atoms with Crippen molar-refractivity contribution >= 4 is 35.0 Å². The zero-order chi connectivity index (χ0) is 34.4. The first-order chi connectivity index (χ1) is 22.8. The highest BCUT2D eigenvalue weighted by Crippen LogP contribution is 2.50. The lowest BCUT2D eigenvalue weighted by molar-refractivity contribution is -0.137. The fourth-order valence-electron chi connectivity index (χ4n) is 6.34. The van der Waals surface area contributed by atoms with Gasteiger partial charge >= 0.3 is 6.18 Å². The molecular weight excluding hydrogens is 655 g/mol. The molecule has 4 aromatic rings. The Kier molecular flexibility index (Phi) is 8.53. The van der Waals surface area contributed by atoms with Gasteiger partial charge in [-0.05, 0) is 62.9 Å². The molecule has 0 atom stereocenters. The normalized spacial score (nSPS) is 16.1. The molecule has 1 spiro atoms. The highest BCUT2D eigenvalue weighted by Gasteiger charge is 2.48. The van der Waals surface area contributed by atoms with E-state index in [1.165, 1.54) is 18.3 Å². The van der Waals surface area contributed by atoms with Crippen LogP contribution in [-0.2, 0) is 18.0 Å². The van der Waals surface area contributed by atoms with E-state index in [1.807, 2.05) is 6.92 Å². The predicted octanol–water partition coefficient (Wildman–Crippen LogP) is 4.53. The number of allylic oxidation sites excluding steroid dienone is 2. The molecule has 1 aliphatic carbocycles. The van der Waals surface area contributed by atoms with Gasteiger partial charge in [-0.1, -0.05) is 11.6 Å². The molecule has 13 nitrogen and oxygen atoms in total. The molecule has 4 heterocycles. The molecule has 6 rings (SSSR count). The van der Waals surface area contributed by atoms with Crippen molar-refractivity contribution in [2.45, 2.75) is 38.8 Å². The fraction of sp³-hybridized carbons (Fsp3) is 0.355. The topological polar surface area (TPSA) is 163 Å². The summed E-state index contributed by atoms with van der Waals surface area (Å²) in [7, 11) is 1.78. The molecule has 3 aromatic heterocycles. The summed E-state index contributed by atoms with van der Waals surface area (Å²) in [6, 6.07) is 5.56. The average molecular weight is 686 g/mol. The van der Waals surface area contributed by atoms with E-state index in [4.69, 9.17) is 11.6 Å². The van der Waals surface area contributed by atoms with Gasteiger partial charge in [0.25, 0.3) is 11.8 Å². The zero-order valence-corrected chi connectivity index (χ0v) is 26.6. The summed E-state index contributed by atoms with van der Waals surface area (Å²) in [6.45, 7) is 2.12. The fourth-order valence-corrected chi connectivity index (χ4v) is 6.57. The molecule has 1 saturated heterocycles. The number of aryl methyl sites for hydroxylation is 2. The number of alkyl halides is 3. The van der Waals surface area contributed by atoms with Crippen LogP contribution in [0.4, 0.5) is 18.9 Å². The lowest BCUT2D eigenvalue weighted by Gasteiger charge is -2.40. The highest BCUT2D eigenvalue weighted by atomic mass is 35.5. The minimum absolute atomic E-state index is 0.0120. The van der Waals surface area contributed by atoms with E-state index in [2.05, 4.69) is 30.9 Å². The zero-order valence-electron chi connectivity index (χ0n) is 25.9.